The molecule has 0 aliphatic carbocycles. The summed E-state index contributed by atoms with van der Waals surface area (Å²) in [7, 11) is 1.54. The topological polar surface area (TPSA) is 30.8 Å². The summed E-state index contributed by atoms with van der Waals surface area (Å²) in [6.45, 7) is 6.89. The molecule has 0 N–H and O–H groups in total. The van der Waals surface area contributed by atoms with E-state index >= 15 is 0 Å². The second kappa shape index (κ2) is 8.92. The van der Waals surface area contributed by atoms with Crippen LogP contribution < -0.4 is 4.74 Å². The molecular formula is C21H25NO2. The minimum absolute atomic E-state index is 0.610. The van der Waals surface area contributed by atoms with Crippen LogP contribution in [0.4, 0.5) is 0 Å². The molecule has 0 unspecified atom stereocenters. The highest BCUT2D eigenvalue weighted by atomic mass is 16.6. The van der Waals surface area contributed by atoms with Gasteiger partial charge >= 0.3 is 0 Å². The molecule has 3 heteroatoms. The molecule has 0 aliphatic heterocycles. The third kappa shape index (κ3) is 4.98. The zero-order valence-corrected chi connectivity index (χ0v) is 14.9. The van der Waals surface area contributed by atoms with Crippen LogP contribution in [0.15, 0.2) is 53.7 Å². The van der Waals surface area contributed by atoms with Crippen molar-refractivity contribution in [3.8, 4) is 5.75 Å². The van der Waals surface area contributed by atoms with E-state index < -0.39 is 0 Å². The van der Waals surface area contributed by atoms with Gasteiger partial charge in [-0.05, 0) is 67.1 Å². The fourth-order valence-corrected chi connectivity index (χ4v) is 2.60. The average Bonchev–Trinajstić information content (AvgIpc) is 2.57. The van der Waals surface area contributed by atoms with Crippen molar-refractivity contribution >= 4 is 6.21 Å². The number of rotatable bonds is 7. The number of hydrogen-bond donors (Lipinski definition) is 0. The summed E-state index contributed by atoms with van der Waals surface area (Å²) in [4.78, 5) is 4.70. The van der Waals surface area contributed by atoms with Crippen LogP contribution >= 0.6 is 0 Å². The van der Waals surface area contributed by atoms with Gasteiger partial charge in [-0.2, -0.15) is 0 Å². The Morgan fingerprint density at radius 2 is 1.71 bits per heavy atom. The Morgan fingerprint density at radius 3 is 2.29 bits per heavy atom. The largest absolute Gasteiger partial charge is 0.490 e. The summed E-state index contributed by atoms with van der Waals surface area (Å²) in [5.41, 5.74) is 6.18. The molecule has 3 nitrogen and oxygen atoms in total. The second-order valence-electron chi connectivity index (χ2n) is 5.75. The lowest BCUT2D eigenvalue weighted by Gasteiger charge is -2.13. The highest BCUT2D eigenvalue weighted by molar-refractivity contribution is 5.79. The molecule has 0 saturated heterocycles. The zero-order chi connectivity index (χ0) is 17.4. The van der Waals surface area contributed by atoms with Gasteiger partial charge in [-0.15, -0.1) is 0 Å². The summed E-state index contributed by atoms with van der Waals surface area (Å²) in [6.07, 6.45) is 6.62. The standard InChI is InChI=1S/C21H25NO2/c1-5-6-11-24-20-12-16(2)21(17(3)13-20)14-18-7-9-19(10-8-18)15-22-23-4/h5-10,12-13,15H,11,14H2,1-4H3/b6-5+,22-15-. The molecule has 0 spiro atoms. The molecule has 0 heterocycles. The van der Waals surface area contributed by atoms with Crippen molar-refractivity contribution in [2.75, 3.05) is 13.7 Å². The molecular weight excluding hydrogens is 298 g/mol. The molecule has 0 radical (unpaired) electrons. The lowest BCUT2D eigenvalue weighted by molar-refractivity contribution is 0.215. The van der Waals surface area contributed by atoms with Crippen molar-refractivity contribution in [2.24, 2.45) is 5.16 Å². The maximum Gasteiger partial charge on any atom is 0.120 e. The van der Waals surface area contributed by atoms with Crippen molar-refractivity contribution in [1.82, 2.24) is 0 Å². The number of aryl methyl sites for hydroxylation is 2. The number of allylic oxidation sites excluding steroid dienone is 1. The second-order valence-corrected chi connectivity index (χ2v) is 5.75. The third-order valence-electron chi connectivity index (χ3n) is 3.92. The quantitative estimate of drug-likeness (QED) is 0.415. The first kappa shape index (κ1) is 17.8. The van der Waals surface area contributed by atoms with Gasteiger partial charge in [0.05, 0.1) is 6.21 Å². The molecule has 0 bridgehead atoms. The van der Waals surface area contributed by atoms with E-state index in [1.54, 1.807) is 13.3 Å². The zero-order valence-electron chi connectivity index (χ0n) is 14.9. The van der Waals surface area contributed by atoms with Crippen LogP contribution in [0.25, 0.3) is 0 Å². The minimum Gasteiger partial charge on any atom is -0.490 e. The van der Waals surface area contributed by atoms with Crippen molar-refractivity contribution in [1.29, 1.82) is 0 Å². The smallest absolute Gasteiger partial charge is 0.120 e. The van der Waals surface area contributed by atoms with Gasteiger partial charge in [0.15, 0.2) is 0 Å². The highest BCUT2D eigenvalue weighted by Gasteiger charge is 2.07. The van der Waals surface area contributed by atoms with Gasteiger partial charge in [0, 0.05) is 0 Å². The van der Waals surface area contributed by atoms with E-state index in [4.69, 9.17) is 9.57 Å². The Hall–Kier alpha value is -2.55. The van der Waals surface area contributed by atoms with E-state index in [-0.39, 0.29) is 0 Å². The van der Waals surface area contributed by atoms with Gasteiger partial charge in [-0.1, -0.05) is 41.6 Å². The molecule has 0 fully saturated rings. The summed E-state index contributed by atoms with van der Waals surface area (Å²) < 4.78 is 5.75. The van der Waals surface area contributed by atoms with Crippen LogP contribution in [0, 0.1) is 13.8 Å². The Labute approximate surface area is 144 Å². The van der Waals surface area contributed by atoms with Crippen LogP contribution in [-0.2, 0) is 11.3 Å². The molecule has 0 aromatic heterocycles. The van der Waals surface area contributed by atoms with Gasteiger partial charge in [-0.3, -0.25) is 0 Å². The molecule has 126 valence electrons. The first-order chi connectivity index (χ1) is 11.6. The SMILES string of the molecule is C/C=C/COc1cc(C)c(Cc2ccc(/C=N\OC)cc2)c(C)c1. The van der Waals surface area contributed by atoms with Crippen LogP contribution in [0.3, 0.4) is 0 Å². The van der Waals surface area contributed by atoms with Crippen LogP contribution in [0.5, 0.6) is 5.75 Å². The maximum atomic E-state index is 5.75. The molecule has 0 atom stereocenters. The summed E-state index contributed by atoms with van der Waals surface area (Å²) in [6, 6.07) is 12.6. The molecule has 2 aromatic carbocycles. The molecule has 0 aliphatic rings. The fourth-order valence-electron chi connectivity index (χ4n) is 2.60. The van der Waals surface area contributed by atoms with E-state index in [0.29, 0.717) is 6.61 Å². The van der Waals surface area contributed by atoms with E-state index in [9.17, 15) is 0 Å². The van der Waals surface area contributed by atoms with E-state index in [1.165, 1.54) is 22.3 Å². The van der Waals surface area contributed by atoms with Crippen molar-refractivity contribution < 1.29 is 9.57 Å². The van der Waals surface area contributed by atoms with Gasteiger partial charge in [-0.25, -0.2) is 0 Å². The maximum absolute atomic E-state index is 5.75. The third-order valence-corrected chi connectivity index (χ3v) is 3.92. The van der Waals surface area contributed by atoms with Gasteiger partial charge < -0.3 is 9.57 Å². The van der Waals surface area contributed by atoms with Crippen molar-refractivity contribution in [2.45, 2.75) is 27.2 Å². The number of hydrogen-bond acceptors (Lipinski definition) is 3. The normalized spacial score (nSPS) is 11.3. The van der Waals surface area contributed by atoms with E-state index in [2.05, 4.69) is 55.4 Å². The molecule has 24 heavy (non-hydrogen) atoms. The minimum atomic E-state index is 0.610. The molecule has 2 aromatic rings. The first-order valence-corrected chi connectivity index (χ1v) is 8.13. The summed E-state index contributed by atoms with van der Waals surface area (Å²) in [5.74, 6) is 0.929. The van der Waals surface area contributed by atoms with Crippen molar-refractivity contribution in [3.63, 3.8) is 0 Å². The summed E-state index contributed by atoms with van der Waals surface area (Å²) >= 11 is 0. The average molecular weight is 323 g/mol. The predicted molar refractivity (Wildman–Crippen MR) is 100 cm³/mol. The van der Waals surface area contributed by atoms with Gasteiger partial charge in [0.1, 0.15) is 19.5 Å². The number of oxime groups is 1. The highest BCUT2D eigenvalue weighted by Crippen LogP contribution is 2.24. The Bertz CT molecular complexity index is 692. The Kier molecular flexibility index (Phi) is 6.62. The molecule has 2 rings (SSSR count). The van der Waals surface area contributed by atoms with E-state index in [1.807, 2.05) is 19.1 Å². The van der Waals surface area contributed by atoms with Crippen molar-refractivity contribution in [3.05, 3.63) is 76.4 Å². The predicted octanol–water partition coefficient (Wildman–Crippen LogP) is 4.83. The number of benzene rings is 2. The Morgan fingerprint density at radius 1 is 1.04 bits per heavy atom. The molecule has 0 amide bonds. The molecule has 0 saturated carbocycles. The number of nitrogens with zero attached hydrogens (tertiary/aromatic N) is 1. The fraction of sp³-hybridized carbons (Fsp3) is 0.286. The first-order valence-electron chi connectivity index (χ1n) is 8.13. The van der Waals surface area contributed by atoms with E-state index in [0.717, 1.165) is 17.7 Å². The Balaban J connectivity index is 2.13. The lowest BCUT2D eigenvalue weighted by Crippen LogP contribution is -1.99. The number of ether oxygens (including phenoxy) is 1. The lowest BCUT2D eigenvalue weighted by atomic mass is 9.95. The van der Waals surface area contributed by atoms with Crippen LogP contribution in [-0.4, -0.2) is 19.9 Å². The van der Waals surface area contributed by atoms with Crippen LogP contribution in [0.1, 0.15) is 34.7 Å². The van der Waals surface area contributed by atoms with Gasteiger partial charge in [0.2, 0.25) is 0 Å². The summed E-state index contributed by atoms with van der Waals surface area (Å²) in [5, 5.41) is 3.78. The van der Waals surface area contributed by atoms with Crippen LogP contribution in [0.2, 0.25) is 0 Å². The van der Waals surface area contributed by atoms with Gasteiger partial charge in [0.25, 0.3) is 0 Å². The monoisotopic (exact) mass is 323 g/mol.